The normalized spacial score (nSPS) is 17.1. The maximum atomic E-state index is 13.0. The Balaban J connectivity index is 1.38. The van der Waals surface area contributed by atoms with Gasteiger partial charge in [-0.05, 0) is 31.9 Å². The van der Waals surface area contributed by atoms with Gasteiger partial charge in [0.1, 0.15) is 0 Å². The smallest absolute Gasteiger partial charge is 0.257 e. The maximum Gasteiger partial charge on any atom is 0.257 e. The van der Waals surface area contributed by atoms with E-state index in [1.54, 1.807) is 23.2 Å². The summed E-state index contributed by atoms with van der Waals surface area (Å²) in [5.74, 6) is 0.819. The first-order valence-electron chi connectivity index (χ1n) is 10.6. The number of amides is 2. The van der Waals surface area contributed by atoms with E-state index in [0.29, 0.717) is 48.7 Å². The van der Waals surface area contributed by atoms with Gasteiger partial charge in [0.15, 0.2) is 11.5 Å². The predicted octanol–water partition coefficient (Wildman–Crippen LogP) is 3.63. The number of benzene rings is 1. The minimum atomic E-state index is -0.0844. The van der Waals surface area contributed by atoms with Crippen molar-refractivity contribution in [1.82, 2.24) is 9.47 Å². The van der Waals surface area contributed by atoms with Crippen molar-refractivity contribution in [3.05, 3.63) is 47.8 Å². The number of carbonyl (C=O) groups is 2. The van der Waals surface area contributed by atoms with Gasteiger partial charge < -0.3 is 24.3 Å². The number of rotatable bonds is 7. The highest BCUT2D eigenvalue weighted by atomic mass is 16.5. The van der Waals surface area contributed by atoms with Crippen LogP contribution in [-0.2, 0) is 11.8 Å². The molecule has 4 rings (SSSR count). The Morgan fingerprint density at radius 3 is 2.84 bits per heavy atom. The first kappa shape index (κ1) is 21.7. The van der Waals surface area contributed by atoms with E-state index in [1.165, 1.54) is 7.11 Å². The third-order valence-electron chi connectivity index (χ3n) is 5.79. The molecule has 8 heteroatoms. The van der Waals surface area contributed by atoms with Gasteiger partial charge in [-0.1, -0.05) is 12.2 Å². The lowest BCUT2D eigenvalue weighted by molar-refractivity contribution is -0.116. The number of aryl methyl sites for hydroxylation is 2. The maximum absolute atomic E-state index is 13.0. The average molecular weight is 437 g/mol. The number of aliphatic imine (C=N–C) groups is 1. The molecule has 1 N–H and O–H groups in total. The van der Waals surface area contributed by atoms with Crippen LogP contribution in [0.4, 0.5) is 11.4 Å². The number of hydrogen-bond donors (Lipinski definition) is 1. The van der Waals surface area contributed by atoms with Crippen molar-refractivity contribution >= 4 is 29.4 Å². The number of fused-ring (bicyclic) bond motifs is 2. The molecule has 168 valence electrons. The quantitative estimate of drug-likeness (QED) is 0.531. The molecule has 1 aromatic carbocycles. The van der Waals surface area contributed by atoms with Crippen LogP contribution >= 0.6 is 0 Å². The largest absolute Gasteiger partial charge is 0.493 e. The van der Waals surface area contributed by atoms with Crippen molar-refractivity contribution in [2.24, 2.45) is 12.0 Å². The van der Waals surface area contributed by atoms with E-state index in [9.17, 15) is 9.59 Å². The van der Waals surface area contributed by atoms with Crippen molar-refractivity contribution in [3.63, 3.8) is 0 Å². The zero-order valence-corrected chi connectivity index (χ0v) is 18.7. The minimum absolute atomic E-state index is 0.0644. The molecule has 0 saturated carbocycles. The Morgan fingerprint density at radius 1 is 1.31 bits per heavy atom. The van der Waals surface area contributed by atoms with Crippen LogP contribution in [0.5, 0.6) is 11.5 Å². The Labute approximate surface area is 187 Å². The lowest BCUT2D eigenvalue weighted by atomic mass is 10.1. The van der Waals surface area contributed by atoms with Crippen LogP contribution in [0.25, 0.3) is 0 Å². The molecule has 2 aliphatic heterocycles. The second-order valence-electron chi connectivity index (χ2n) is 8.23. The van der Waals surface area contributed by atoms with E-state index >= 15 is 0 Å². The van der Waals surface area contributed by atoms with Crippen LogP contribution in [0.15, 0.2) is 41.5 Å². The number of ether oxygens (including phenoxy) is 2. The molecule has 0 radical (unpaired) electrons. The number of nitrogens with zero attached hydrogens (tertiary/aromatic N) is 3. The summed E-state index contributed by atoms with van der Waals surface area (Å²) in [6.45, 7) is 6.86. The van der Waals surface area contributed by atoms with E-state index in [4.69, 9.17) is 9.47 Å². The zero-order valence-electron chi connectivity index (χ0n) is 18.7. The summed E-state index contributed by atoms with van der Waals surface area (Å²) < 4.78 is 13.3. The van der Waals surface area contributed by atoms with E-state index in [2.05, 4.69) is 16.9 Å². The highest BCUT2D eigenvalue weighted by Crippen LogP contribution is 2.38. The number of nitrogens with one attached hydrogen (secondary N) is 1. The van der Waals surface area contributed by atoms with Crippen molar-refractivity contribution in [1.29, 1.82) is 0 Å². The molecular weight excluding hydrogens is 408 g/mol. The number of carbonyl (C=O) groups excluding carboxylic acids is 2. The van der Waals surface area contributed by atoms with Gasteiger partial charge in [0.25, 0.3) is 5.91 Å². The second-order valence-corrected chi connectivity index (χ2v) is 8.23. The molecule has 0 aliphatic carbocycles. The zero-order chi connectivity index (χ0) is 22.8. The summed E-state index contributed by atoms with van der Waals surface area (Å²) in [7, 11) is 3.47. The Morgan fingerprint density at radius 2 is 2.12 bits per heavy atom. The Bertz CT molecular complexity index is 1080. The average Bonchev–Trinajstić information content (AvgIpc) is 3.25. The molecular formula is C24H28N4O4. The fourth-order valence-corrected chi connectivity index (χ4v) is 3.99. The summed E-state index contributed by atoms with van der Waals surface area (Å²) in [5, 5.41) is 2.89. The number of aromatic nitrogens is 1. The monoisotopic (exact) mass is 436 g/mol. The lowest BCUT2D eigenvalue weighted by Crippen LogP contribution is -2.35. The van der Waals surface area contributed by atoms with E-state index in [0.717, 1.165) is 23.4 Å². The summed E-state index contributed by atoms with van der Waals surface area (Å²) in [4.78, 5) is 31.5. The van der Waals surface area contributed by atoms with Crippen molar-refractivity contribution < 1.29 is 19.1 Å². The van der Waals surface area contributed by atoms with Crippen LogP contribution in [0.3, 0.4) is 0 Å². The van der Waals surface area contributed by atoms with Gasteiger partial charge in [0.2, 0.25) is 5.91 Å². The van der Waals surface area contributed by atoms with Crippen LogP contribution < -0.4 is 14.8 Å². The molecule has 1 aromatic heterocycles. The van der Waals surface area contributed by atoms with Gasteiger partial charge in [-0.3, -0.25) is 14.6 Å². The number of anilines is 1. The molecule has 1 saturated heterocycles. The molecule has 32 heavy (non-hydrogen) atoms. The summed E-state index contributed by atoms with van der Waals surface area (Å²) in [5.41, 5.74) is 3.93. The molecule has 3 heterocycles. The first-order valence-corrected chi connectivity index (χ1v) is 10.6. The molecule has 0 spiro atoms. The van der Waals surface area contributed by atoms with E-state index in [1.807, 2.05) is 30.8 Å². The number of methoxy groups -OCH3 is 1. The Kier molecular flexibility index (Phi) is 6.03. The van der Waals surface area contributed by atoms with Gasteiger partial charge >= 0.3 is 0 Å². The third kappa shape index (κ3) is 4.39. The SMILES string of the molecule is C=C1CC2C=Nc3cc(OCCCC(=O)Nc4cc(C)n(C)c4)c(OC)cc3C(=O)N2C1. The van der Waals surface area contributed by atoms with Gasteiger partial charge in [0.05, 0.1) is 36.7 Å². The molecule has 1 atom stereocenters. The van der Waals surface area contributed by atoms with Gasteiger partial charge in [0, 0.05) is 44.2 Å². The van der Waals surface area contributed by atoms with Crippen molar-refractivity contribution in [2.75, 3.05) is 25.6 Å². The second kappa shape index (κ2) is 8.90. The van der Waals surface area contributed by atoms with Crippen molar-refractivity contribution in [2.45, 2.75) is 32.2 Å². The van der Waals surface area contributed by atoms with E-state index in [-0.39, 0.29) is 17.9 Å². The molecule has 0 bridgehead atoms. The number of hydrogen-bond acceptors (Lipinski definition) is 5. The minimum Gasteiger partial charge on any atom is -0.493 e. The van der Waals surface area contributed by atoms with Crippen molar-refractivity contribution in [3.8, 4) is 11.5 Å². The molecule has 1 unspecified atom stereocenters. The molecule has 8 nitrogen and oxygen atoms in total. The predicted molar refractivity (Wildman–Crippen MR) is 123 cm³/mol. The first-order chi connectivity index (χ1) is 15.4. The summed E-state index contributed by atoms with van der Waals surface area (Å²) in [6.07, 6.45) is 5.28. The van der Waals surface area contributed by atoms with Crippen LogP contribution in [-0.4, -0.2) is 53.8 Å². The van der Waals surface area contributed by atoms with Gasteiger partial charge in [-0.15, -0.1) is 0 Å². The van der Waals surface area contributed by atoms with E-state index < -0.39 is 0 Å². The fraction of sp³-hybridized carbons (Fsp3) is 0.375. The van der Waals surface area contributed by atoms with Crippen LogP contribution in [0.1, 0.15) is 35.3 Å². The van der Waals surface area contributed by atoms with Gasteiger partial charge in [-0.25, -0.2) is 0 Å². The third-order valence-corrected chi connectivity index (χ3v) is 5.79. The molecule has 2 aliphatic rings. The summed E-state index contributed by atoms with van der Waals surface area (Å²) in [6, 6.07) is 5.27. The van der Waals surface area contributed by atoms with Crippen LogP contribution in [0.2, 0.25) is 0 Å². The molecule has 2 amide bonds. The van der Waals surface area contributed by atoms with Crippen LogP contribution in [0, 0.1) is 6.92 Å². The highest BCUT2D eigenvalue weighted by Gasteiger charge is 2.34. The standard InChI is InChI=1S/C24H28N4O4/c1-15-8-18-12-25-20-11-22(21(31-4)10-19(20)24(30)28(18)13-15)32-7-5-6-23(29)26-17-9-16(2)27(3)14-17/h9-12,14,18H,1,5-8,13H2,2-4H3,(H,26,29). The lowest BCUT2D eigenvalue weighted by Gasteiger charge is -2.20. The molecule has 1 fully saturated rings. The highest BCUT2D eigenvalue weighted by molar-refractivity contribution is 6.03. The van der Waals surface area contributed by atoms with Gasteiger partial charge in [-0.2, -0.15) is 0 Å². The topological polar surface area (TPSA) is 85.2 Å². The Hall–Kier alpha value is -3.55. The summed E-state index contributed by atoms with van der Waals surface area (Å²) >= 11 is 0. The molecule has 2 aromatic rings. The fourth-order valence-electron chi connectivity index (χ4n) is 3.99.